The number of carboxylic acids is 8. The van der Waals surface area contributed by atoms with Gasteiger partial charge >= 0.3 is 53.8 Å². The second-order valence-electron chi connectivity index (χ2n) is 22.7. The molecule has 14 N–H and O–H groups in total. The number of carbonyl (C=O) groups is 10. The number of urea groups is 1. The van der Waals surface area contributed by atoms with Gasteiger partial charge in [0.2, 0.25) is 23.8 Å². The lowest BCUT2D eigenvalue weighted by atomic mass is 10.1. The Bertz CT molecular complexity index is 2620. The minimum atomic E-state index is -1.50. The number of ether oxygens (including phenoxy) is 2. The summed E-state index contributed by atoms with van der Waals surface area (Å²) in [6.07, 6.45) is 9.64. The number of piperazine rings is 1. The molecule has 0 saturated carbocycles. The third-order valence-corrected chi connectivity index (χ3v) is 14.9. The van der Waals surface area contributed by atoms with E-state index >= 15 is 0 Å². The zero-order valence-electron chi connectivity index (χ0n) is 53.6. The molecule has 2 aromatic rings. The second-order valence-corrected chi connectivity index (χ2v) is 22.7. The summed E-state index contributed by atoms with van der Waals surface area (Å²) < 4.78 is 11.0. The summed E-state index contributed by atoms with van der Waals surface area (Å²) in [5.74, 6) is -8.16. The molecule has 94 heavy (non-hydrogen) atoms. The molecule has 528 valence electrons. The van der Waals surface area contributed by atoms with Gasteiger partial charge in [-0.3, -0.25) is 53.2 Å². The van der Waals surface area contributed by atoms with Crippen LogP contribution in [0.15, 0.2) is 24.3 Å². The molecule has 1 saturated heterocycles. The van der Waals surface area contributed by atoms with Crippen molar-refractivity contribution in [3.63, 3.8) is 0 Å². The molecule has 2 atom stereocenters. The van der Waals surface area contributed by atoms with Gasteiger partial charge in [-0.2, -0.15) is 15.0 Å². The summed E-state index contributed by atoms with van der Waals surface area (Å²) in [5, 5.41) is 90.3. The summed E-state index contributed by atoms with van der Waals surface area (Å²) in [7, 11) is 0. The molecule has 1 aromatic carbocycles. The van der Waals surface area contributed by atoms with Crippen LogP contribution in [0.25, 0.3) is 0 Å². The van der Waals surface area contributed by atoms with Crippen LogP contribution < -0.4 is 36.8 Å². The van der Waals surface area contributed by atoms with Crippen LogP contribution in [-0.4, -0.2) is 291 Å². The van der Waals surface area contributed by atoms with E-state index < -0.39 is 72.3 Å². The van der Waals surface area contributed by atoms with Crippen LogP contribution in [0.2, 0.25) is 0 Å². The van der Waals surface area contributed by atoms with E-state index in [-0.39, 0.29) is 110 Å². The molecule has 0 bridgehead atoms. The largest absolute Gasteiger partial charge is 0.481 e. The van der Waals surface area contributed by atoms with E-state index in [1.54, 1.807) is 14.7 Å². The Labute approximate surface area is 546 Å². The number of hydrogen-bond donors (Lipinski definition) is 14. The lowest BCUT2D eigenvalue weighted by Gasteiger charge is -2.34. The molecule has 0 aliphatic carbocycles. The molecule has 0 radical (unpaired) electrons. The van der Waals surface area contributed by atoms with Crippen LogP contribution >= 0.6 is 0 Å². The van der Waals surface area contributed by atoms with Crippen LogP contribution in [-0.2, 0) is 59.0 Å². The van der Waals surface area contributed by atoms with Gasteiger partial charge in [0.15, 0.2) is 0 Å². The summed E-state index contributed by atoms with van der Waals surface area (Å²) in [5.41, 5.74) is 1.70. The zero-order chi connectivity index (χ0) is 68.9. The summed E-state index contributed by atoms with van der Waals surface area (Å²) in [6.45, 7) is 6.06. The molecular formula is C60H98N14O20. The molecule has 1 aromatic heterocycles. The van der Waals surface area contributed by atoms with Gasteiger partial charge in [0.1, 0.15) is 12.1 Å². The number of aryl methyl sites for hydroxylation is 1. The first-order valence-corrected chi connectivity index (χ1v) is 32.0. The highest BCUT2D eigenvalue weighted by Gasteiger charge is 2.26. The molecule has 1 aliphatic heterocycles. The number of benzene rings is 1. The van der Waals surface area contributed by atoms with Crippen molar-refractivity contribution in [2.24, 2.45) is 0 Å². The first-order chi connectivity index (χ1) is 45.0. The summed E-state index contributed by atoms with van der Waals surface area (Å²) in [6, 6.07) is 3.85. The standard InChI is InChI=1S/C60H98N14O20/c75-48(62-22-9-8-13-46(55(88)89)65-60(92)66-47(56(90)91)19-20-49(76)77)14-7-5-3-1-2-4-6-10-25-70-32-34-74(35-33-70)59-68-57(63-24-37-94-39-38-93-36-21-50(78)79)67-58(69-59)64-45-17-15-44(16-18-45)12-11-26-71(41-52(82)83)28-30-73(43-54(86)87)31-29-72(42-53(84)85)27-23-61-40-51(80)81/h15-18,46-47,61H,1-14,19-43H2,(H,62,75)(H,76,77)(H,78,79)(H,80,81)(H,82,83)(H,84,85)(H,86,87)(H,88,89)(H,90,91)(H2,65,66,92)(H2,63,64,67,68,69)/t46-,47-/m0/s1. The van der Waals surface area contributed by atoms with Crippen molar-refractivity contribution in [2.45, 2.75) is 121 Å². The fourth-order valence-electron chi connectivity index (χ4n) is 9.91. The van der Waals surface area contributed by atoms with Crippen LogP contribution in [0.3, 0.4) is 0 Å². The first-order valence-electron chi connectivity index (χ1n) is 32.0. The fraction of sp³-hybridized carbons (Fsp3) is 0.683. The number of nitrogens with zero attached hydrogens (tertiary/aromatic N) is 8. The highest BCUT2D eigenvalue weighted by Crippen LogP contribution is 2.21. The third kappa shape index (κ3) is 39.4. The van der Waals surface area contributed by atoms with Crippen molar-refractivity contribution in [2.75, 3.05) is 160 Å². The Balaban J connectivity index is 1.43. The van der Waals surface area contributed by atoms with Crippen molar-refractivity contribution < 1.29 is 98.3 Å². The van der Waals surface area contributed by atoms with Crippen molar-refractivity contribution in [3.8, 4) is 0 Å². The first kappa shape index (κ1) is 80.1. The minimum absolute atomic E-state index is 0.0408. The Hall–Kier alpha value is -8.15. The average molecular weight is 1340 g/mol. The molecule has 34 heteroatoms. The number of amides is 3. The topological polar surface area (TPSA) is 478 Å². The third-order valence-electron chi connectivity index (χ3n) is 14.9. The number of rotatable bonds is 57. The molecule has 0 spiro atoms. The minimum Gasteiger partial charge on any atom is -0.481 e. The van der Waals surface area contributed by atoms with Crippen LogP contribution in [0.5, 0.6) is 0 Å². The smallest absolute Gasteiger partial charge is 0.326 e. The molecule has 1 fully saturated rings. The van der Waals surface area contributed by atoms with Gasteiger partial charge < -0.3 is 87.1 Å². The molecule has 34 nitrogen and oxygen atoms in total. The highest BCUT2D eigenvalue weighted by atomic mass is 16.5. The average Bonchev–Trinajstić information content (AvgIpc) is 0.837. The SMILES string of the molecule is O=C(O)CCOCCOCCNc1nc(Nc2ccc(CCCN(CCN(CCN(CCNCC(=O)O)CC(=O)O)CC(=O)O)CC(=O)O)cc2)nc(N2CCN(CCCCCCCCCCC(=O)NCCCC[C@H](NC(=O)N[C@@H](CCC(=O)O)C(=O)O)C(=O)O)CC2)n1. The quantitative estimate of drug-likeness (QED) is 0.0415. The fourth-order valence-corrected chi connectivity index (χ4v) is 9.91. The maximum Gasteiger partial charge on any atom is 0.326 e. The number of anilines is 4. The van der Waals surface area contributed by atoms with Crippen molar-refractivity contribution >= 4 is 83.2 Å². The number of hydrogen-bond acceptors (Lipinski definition) is 23. The molecule has 3 rings (SSSR count). The summed E-state index contributed by atoms with van der Waals surface area (Å²) in [4.78, 5) is 139. The van der Waals surface area contributed by atoms with Crippen molar-refractivity contribution in [1.29, 1.82) is 0 Å². The Kier molecular flexibility index (Phi) is 40.6. The van der Waals surface area contributed by atoms with E-state index in [9.17, 15) is 73.5 Å². The molecule has 2 heterocycles. The van der Waals surface area contributed by atoms with Gasteiger partial charge in [-0.15, -0.1) is 0 Å². The lowest BCUT2D eigenvalue weighted by Crippen LogP contribution is -2.51. The van der Waals surface area contributed by atoms with E-state index in [2.05, 4.69) is 46.7 Å². The number of nitrogens with one attached hydrogen (secondary N) is 6. The monoisotopic (exact) mass is 1330 g/mol. The second kappa shape index (κ2) is 47.7. The maximum absolute atomic E-state index is 12.4. The number of carboxylic acid groups (broad SMARTS) is 8. The van der Waals surface area contributed by atoms with Crippen molar-refractivity contribution in [1.82, 2.24) is 55.8 Å². The molecule has 3 amide bonds. The molecule has 1 aliphatic rings. The van der Waals surface area contributed by atoms with E-state index in [1.807, 2.05) is 24.3 Å². The van der Waals surface area contributed by atoms with Gasteiger partial charge in [-0.1, -0.05) is 50.7 Å². The van der Waals surface area contributed by atoms with E-state index in [0.29, 0.717) is 95.0 Å². The zero-order valence-corrected chi connectivity index (χ0v) is 53.6. The number of unbranched alkanes of at least 4 members (excludes halogenated alkanes) is 8. The Morgan fingerprint density at radius 3 is 1.61 bits per heavy atom. The Morgan fingerprint density at radius 1 is 0.489 bits per heavy atom. The van der Waals surface area contributed by atoms with Crippen LogP contribution in [0.1, 0.15) is 108 Å². The van der Waals surface area contributed by atoms with Gasteiger partial charge in [-0.25, -0.2) is 14.4 Å². The predicted octanol–water partition coefficient (Wildman–Crippen LogP) is 1.29. The molecular weight excluding hydrogens is 1240 g/mol. The van der Waals surface area contributed by atoms with Crippen LogP contribution in [0.4, 0.5) is 28.3 Å². The normalized spacial score (nSPS) is 13.1. The maximum atomic E-state index is 12.4. The van der Waals surface area contributed by atoms with Gasteiger partial charge in [0, 0.05) is 97.1 Å². The van der Waals surface area contributed by atoms with Crippen LogP contribution in [0, 0.1) is 0 Å². The van der Waals surface area contributed by atoms with E-state index in [0.717, 1.165) is 76.6 Å². The van der Waals surface area contributed by atoms with Gasteiger partial charge in [-0.05, 0) is 82.2 Å². The van der Waals surface area contributed by atoms with Crippen molar-refractivity contribution in [3.05, 3.63) is 29.8 Å². The number of carbonyl (C=O) groups excluding carboxylic acids is 2. The highest BCUT2D eigenvalue weighted by molar-refractivity contribution is 5.86. The van der Waals surface area contributed by atoms with E-state index in [1.165, 1.54) is 0 Å². The number of aromatic nitrogens is 3. The predicted molar refractivity (Wildman–Crippen MR) is 341 cm³/mol. The molecule has 0 unspecified atom stereocenters. The van der Waals surface area contributed by atoms with Gasteiger partial charge in [0.05, 0.1) is 59.0 Å². The summed E-state index contributed by atoms with van der Waals surface area (Å²) >= 11 is 0. The van der Waals surface area contributed by atoms with Gasteiger partial charge in [0.25, 0.3) is 0 Å². The Morgan fingerprint density at radius 2 is 1.03 bits per heavy atom. The van der Waals surface area contributed by atoms with E-state index in [4.69, 9.17) is 34.8 Å². The lowest BCUT2D eigenvalue weighted by molar-refractivity contribution is -0.141. The number of aliphatic carboxylic acids is 8.